The monoisotopic (exact) mass is 280 g/mol. The maximum Gasteiger partial charge on any atom is 0.357 e. The van der Waals surface area contributed by atoms with Crippen LogP contribution in [0.1, 0.15) is 20.8 Å². The Kier molecular flexibility index (Phi) is 9.72. The minimum Gasteiger partial charge on any atom is -0.466 e. The number of rotatable bonds is 9. The Bertz CT molecular complexity index is 252. The first-order valence-corrected chi connectivity index (χ1v) is 6.69. The second-order valence-electron chi connectivity index (χ2n) is 3.14. The van der Waals surface area contributed by atoms with Crippen LogP contribution in [0.3, 0.4) is 0 Å². The molecule has 0 aromatic rings. The number of carbonyl (C=O) groups excluding carboxylic acids is 2. The number of hydrogen-bond acceptors (Lipinski definition) is 7. The normalized spacial score (nSPS) is 12.3. The summed E-state index contributed by atoms with van der Waals surface area (Å²) >= 11 is 1.10. The van der Waals surface area contributed by atoms with Crippen molar-refractivity contribution in [3.05, 3.63) is 0 Å². The summed E-state index contributed by atoms with van der Waals surface area (Å²) in [6, 6.07) is 0. The summed E-state index contributed by atoms with van der Waals surface area (Å²) in [5, 5.41) is 0. The average molecular weight is 280 g/mol. The van der Waals surface area contributed by atoms with E-state index in [9.17, 15) is 9.59 Å². The van der Waals surface area contributed by atoms with Crippen molar-refractivity contribution < 1.29 is 28.5 Å². The van der Waals surface area contributed by atoms with E-state index in [0.717, 1.165) is 11.8 Å². The fourth-order valence-electron chi connectivity index (χ4n) is 1.08. The third-order valence-electron chi connectivity index (χ3n) is 1.76. The van der Waals surface area contributed by atoms with Gasteiger partial charge < -0.3 is 18.9 Å². The van der Waals surface area contributed by atoms with Crippen LogP contribution >= 0.6 is 11.8 Å². The van der Waals surface area contributed by atoms with Crippen LogP contribution in [-0.4, -0.2) is 49.7 Å². The van der Waals surface area contributed by atoms with Gasteiger partial charge in [0.2, 0.25) is 5.44 Å². The molecule has 0 heterocycles. The van der Waals surface area contributed by atoms with Crippen molar-refractivity contribution in [1.82, 2.24) is 0 Å². The molecule has 0 fully saturated rings. The van der Waals surface area contributed by atoms with Crippen molar-refractivity contribution in [1.29, 1.82) is 0 Å². The highest BCUT2D eigenvalue weighted by atomic mass is 32.2. The summed E-state index contributed by atoms with van der Waals surface area (Å²) in [7, 11) is 1.24. The van der Waals surface area contributed by atoms with Gasteiger partial charge in [-0.15, -0.1) is 11.8 Å². The zero-order valence-corrected chi connectivity index (χ0v) is 12.0. The Morgan fingerprint density at radius 2 is 1.72 bits per heavy atom. The van der Waals surface area contributed by atoms with Crippen molar-refractivity contribution in [2.45, 2.75) is 32.5 Å². The van der Waals surface area contributed by atoms with Crippen LogP contribution < -0.4 is 0 Å². The van der Waals surface area contributed by atoms with Crippen molar-refractivity contribution in [2.24, 2.45) is 0 Å². The van der Waals surface area contributed by atoms with E-state index in [-0.39, 0.29) is 0 Å². The smallest absolute Gasteiger partial charge is 0.357 e. The molecule has 0 unspecified atom stereocenters. The molecular weight excluding hydrogens is 260 g/mol. The fraction of sp³-hybridized carbons (Fsp3) is 0.818. The van der Waals surface area contributed by atoms with Crippen LogP contribution in [0.25, 0.3) is 0 Å². The van der Waals surface area contributed by atoms with Gasteiger partial charge in [-0.3, -0.25) is 4.79 Å². The molecule has 18 heavy (non-hydrogen) atoms. The molecule has 0 aromatic heterocycles. The Labute approximate surface area is 111 Å². The molecule has 106 valence electrons. The summed E-state index contributed by atoms with van der Waals surface area (Å²) in [6.45, 7) is 5.93. The topological polar surface area (TPSA) is 71.1 Å². The van der Waals surface area contributed by atoms with E-state index in [4.69, 9.17) is 14.2 Å². The van der Waals surface area contributed by atoms with E-state index in [1.54, 1.807) is 0 Å². The number of thioether (sulfide) groups is 1. The van der Waals surface area contributed by atoms with Gasteiger partial charge in [0.1, 0.15) is 0 Å². The first kappa shape index (κ1) is 17.2. The highest BCUT2D eigenvalue weighted by molar-refractivity contribution is 8.00. The first-order valence-electron chi connectivity index (χ1n) is 5.64. The van der Waals surface area contributed by atoms with Crippen molar-refractivity contribution in [3.8, 4) is 0 Å². The lowest BCUT2D eigenvalue weighted by atomic mass is 10.7. The highest BCUT2D eigenvalue weighted by Crippen LogP contribution is 2.17. The third-order valence-corrected chi connectivity index (χ3v) is 2.81. The summed E-state index contributed by atoms with van der Waals surface area (Å²) in [5.41, 5.74) is -0.990. The number of ether oxygens (including phenoxy) is 4. The third kappa shape index (κ3) is 7.52. The number of hydrogen-bond donors (Lipinski definition) is 0. The predicted octanol–water partition coefficient (Wildman–Crippen LogP) is 1.18. The summed E-state index contributed by atoms with van der Waals surface area (Å²) in [5.74, 6) is -0.779. The lowest BCUT2D eigenvalue weighted by Crippen LogP contribution is -2.28. The molecule has 0 saturated carbocycles. The molecule has 1 atom stereocenters. The zero-order chi connectivity index (χ0) is 14.0. The van der Waals surface area contributed by atoms with Gasteiger partial charge in [-0.25, -0.2) is 4.79 Å². The molecule has 0 bridgehead atoms. The Balaban J connectivity index is 4.28. The quantitative estimate of drug-likeness (QED) is 0.464. The number of carbonyl (C=O) groups is 2. The molecule has 0 aliphatic carbocycles. The van der Waals surface area contributed by atoms with Crippen LogP contribution in [0, 0.1) is 0 Å². The largest absolute Gasteiger partial charge is 0.466 e. The van der Waals surface area contributed by atoms with Gasteiger partial charge in [0, 0.05) is 25.9 Å². The number of esters is 2. The van der Waals surface area contributed by atoms with E-state index in [0.29, 0.717) is 19.0 Å². The van der Waals surface area contributed by atoms with E-state index in [1.807, 2.05) is 13.8 Å². The molecule has 0 spiro atoms. The second kappa shape index (κ2) is 10.2. The minimum atomic E-state index is -0.990. The molecule has 0 saturated heterocycles. The molecule has 6 nitrogen and oxygen atoms in total. The van der Waals surface area contributed by atoms with Gasteiger partial charge >= 0.3 is 11.9 Å². The van der Waals surface area contributed by atoms with Gasteiger partial charge in [0.25, 0.3) is 0 Å². The Morgan fingerprint density at radius 3 is 2.11 bits per heavy atom. The van der Waals surface area contributed by atoms with E-state index < -0.39 is 23.7 Å². The van der Waals surface area contributed by atoms with Crippen LogP contribution in [0.4, 0.5) is 0 Å². The van der Waals surface area contributed by atoms with Gasteiger partial charge in [0.15, 0.2) is 6.29 Å². The standard InChI is InChI=1S/C11H20O6S/c1-5-15-9(16-6-2)7-18-11(10(13)14-4)17-8(3)12/h9,11H,5-7H2,1-4H3/t11-/m1/s1. The molecule has 0 aromatic carbocycles. The van der Waals surface area contributed by atoms with E-state index in [2.05, 4.69) is 4.74 Å². The molecule has 0 N–H and O–H groups in total. The van der Waals surface area contributed by atoms with Gasteiger partial charge in [-0.1, -0.05) is 0 Å². The van der Waals surface area contributed by atoms with E-state index >= 15 is 0 Å². The lowest BCUT2D eigenvalue weighted by molar-refractivity contribution is -0.158. The molecule has 0 amide bonds. The molecule has 0 radical (unpaired) electrons. The molecule has 0 rings (SSSR count). The Hall–Kier alpha value is -0.790. The maximum absolute atomic E-state index is 11.4. The van der Waals surface area contributed by atoms with Crippen LogP contribution in [0.15, 0.2) is 0 Å². The molecule has 0 aliphatic rings. The van der Waals surface area contributed by atoms with Crippen LogP contribution in [0.2, 0.25) is 0 Å². The van der Waals surface area contributed by atoms with Crippen molar-refractivity contribution >= 4 is 23.7 Å². The lowest BCUT2D eigenvalue weighted by Gasteiger charge is -2.19. The van der Waals surface area contributed by atoms with E-state index in [1.165, 1.54) is 14.0 Å². The van der Waals surface area contributed by atoms with Gasteiger partial charge in [-0.2, -0.15) is 0 Å². The van der Waals surface area contributed by atoms with Crippen LogP contribution in [0.5, 0.6) is 0 Å². The van der Waals surface area contributed by atoms with Gasteiger partial charge in [-0.05, 0) is 13.8 Å². The van der Waals surface area contributed by atoms with Crippen LogP contribution in [-0.2, 0) is 28.5 Å². The van der Waals surface area contributed by atoms with Crippen molar-refractivity contribution in [3.63, 3.8) is 0 Å². The molecule has 0 aliphatic heterocycles. The summed E-state index contributed by atoms with van der Waals surface area (Å²) < 4.78 is 20.0. The highest BCUT2D eigenvalue weighted by Gasteiger charge is 2.24. The van der Waals surface area contributed by atoms with Gasteiger partial charge in [0.05, 0.1) is 7.11 Å². The second-order valence-corrected chi connectivity index (χ2v) is 4.23. The Morgan fingerprint density at radius 1 is 1.17 bits per heavy atom. The fourth-order valence-corrected chi connectivity index (χ4v) is 2.04. The summed E-state index contributed by atoms with van der Waals surface area (Å²) in [4.78, 5) is 22.2. The average Bonchev–Trinajstić information content (AvgIpc) is 2.33. The molecular formula is C11H20O6S. The minimum absolute atomic E-state index is 0.370. The first-order chi connectivity index (χ1) is 8.54. The SMILES string of the molecule is CCOC(CS[C@@H](OC(C)=O)C(=O)OC)OCC. The number of methoxy groups -OCH3 is 1. The van der Waals surface area contributed by atoms with Crippen molar-refractivity contribution in [2.75, 3.05) is 26.1 Å². The molecule has 7 heteroatoms. The maximum atomic E-state index is 11.4. The summed E-state index contributed by atoms with van der Waals surface area (Å²) in [6.07, 6.45) is -0.437. The predicted molar refractivity (Wildman–Crippen MR) is 67.1 cm³/mol. The zero-order valence-electron chi connectivity index (χ0n) is 11.1.